The van der Waals surface area contributed by atoms with Gasteiger partial charge in [-0.15, -0.1) is 0 Å². The van der Waals surface area contributed by atoms with E-state index in [9.17, 15) is 4.79 Å². The van der Waals surface area contributed by atoms with Crippen molar-refractivity contribution in [2.75, 3.05) is 33.2 Å². The van der Waals surface area contributed by atoms with E-state index in [-0.39, 0.29) is 5.91 Å². The molecular formula is C20H21N3O2. The van der Waals surface area contributed by atoms with Crippen LogP contribution in [0.4, 0.5) is 0 Å². The van der Waals surface area contributed by atoms with Crippen LogP contribution in [0.3, 0.4) is 0 Å². The molecule has 25 heavy (non-hydrogen) atoms. The monoisotopic (exact) mass is 335 g/mol. The van der Waals surface area contributed by atoms with Crippen LogP contribution in [0.25, 0.3) is 22.6 Å². The van der Waals surface area contributed by atoms with Crippen LogP contribution in [0.5, 0.6) is 0 Å². The summed E-state index contributed by atoms with van der Waals surface area (Å²) in [6.07, 6.45) is 0.414. The van der Waals surface area contributed by atoms with Crippen LogP contribution in [-0.4, -0.2) is 53.9 Å². The van der Waals surface area contributed by atoms with E-state index in [2.05, 4.69) is 16.9 Å². The van der Waals surface area contributed by atoms with Gasteiger partial charge in [-0.05, 0) is 36.9 Å². The number of nitrogens with zero attached hydrogens (tertiary/aromatic N) is 3. The maximum atomic E-state index is 12.5. The fourth-order valence-corrected chi connectivity index (χ4v) is 3.15. The molecule has 1 amide bonds. The number of piperazine rings is 1. The van der Waals surface area contributed by atoms with Crippen LogP contribution in [-0.2, 0) is 11.2 Å². The smallest absolute Gasteiger partial charge is 0.227 e. The Kier molecular flexibility index (Phi) is 4.24. The van der Waals surface area contributed by atoms with Crippen molar-refractivity contribution in [3.8, 4) is 11.5 Å². The Hall–Kier alpha value is -2.66. The quantitative estimate of drug-likeness (QED) is 0.738. The molecule has 0 radical (unpaired) electrons. The lowest BCUT2D eigenvalue weighted by Crippen LogP contribution is -2.47. The van der Waals surface area contributed by atoms with Crippen LogP contribution >= 0.6 is 0 Å². The van der Waals surface area contributed by atoms with Crippen LogP contribution in [0.1, 0.15) is 5.56 Å². The van der Waals surface area contributed by atoms with E-state index in [1.165, 1.54) is 0 Å². The predicted molar refractivity (Wildman–Crippen MR) is 97.2 cm³/mol. The number of oxazole rings is 1. The summed E-state index contributed by atoms with van der Waals surface area (Å²) in [5.74, 6) is 0.776. The van der Waals surface area contributed by atoms with Crippen molar-refractivity contribution >= 4 is 17.0 Å². The van der Waals surface area contributed by atoms with Crippen LogP contribution in [0.15, 0.2) is 52.9 Å². The van der Waals surface area contributed by atoms with Gasteiger partial charge in [-0.1, -0.05) is 24.3 Å². The number of para-hydroxylation sites is 2. The minimum absolute atomic E-state index is 0.183. The van der Waals surface area contributed by atoms with Crippen molar-refractivity contribution in [1.29, 1.82) is 0 Å². The van der Waals surface area contributed by atoms with Crippen molar-refractivity contribution < 1.29 is 9.21 Å². The minimum Gasteiger partial charge on any atom is -0.436 e. The van der Waals surface area contributed by atoms with E-state index in [0.29, 0.717) is 12.3 Å². The summed E-state index contributed by atoms with van der Waals surface area (Å²) < 4.78 is 5.83. The number of aromatic nitrogens is 1. The summed E-state index contributed by atoms with van der Waals surface area (Å²) in [5.41, 5.74) is 3.51. The second kappa shape index (κ2) is 6.69. The Morgan fingerprint density at radius 2 is 1.88 bits per heavy atom. The third-order valence-electron chi connectivity index (χ3n) is 4.68. The molecule has 4 rings (SSSR count). The molecule has 1 aliphatic rings. The van der Waals surface area contributed by atoms with Gasteiger partial charge in [0, 0.05) is 31.7 Å². The number of carbonyl (C=O) groups is 1. The molecule has 0 spiro atoms. The maximum Gasteiger partial charge on any atom is 0.227 e. The molecule has 5 nitrogen and oxygen atoms in total. The summed E-state index contributed by atoms with van der Waals surface area (Å²) in [5, 5.41) is 0. The fourth-order valence-electron chi connectivity index (χ4n) is 3.15. The van der Waals surface area contributed by atoms with Gasteiger partial charge >= 0.3 is 0 Å². The third kappa shape index (κ3) is 3.42. The number of hydrogen-bond donors (Lipinski definition) is 0. The molecule has 0 unspecified atom stereocenters. The lowest BCUT2D eigenvalue weighted by atomic mass is 10.1. The molecule has 0 aliphatic carbocycles. The van der Waals surface area contributed by atoms with Gasteiger partial charge in [-0.2, -0.15) is 0 Å². The van der Waals surface area contributed by atoms with E-state index in [0.717, 1.165) is 48.4 Å². The number of carbonyl (C=O) groups excluding carboxylic acids is 1. The van der Waals surface area contributed by atoms with Crippen LogP contribution in [0, 0.1) is 0 Å². The van der Waals surface area contributed by atoms with E-state index in [1.54, 1.807) is 0 Å². The zero-order valence-corrected chi connectivity index (χ0v) is 14.3. The molecule has 128 valence electrons. The van der Waals surface area contributed by atoms with Crippen molar-refractivity contribution in [3.05, 3.63) is 54.1 Å². The highest BCUT2D eigenvalue weighted by Crippen LogP contribution is 2.25. The highest BCUT2D eigenvalue weighted by molar-refractivity contribution is 5.80. The van der Waals surface area contributed by atoms with Crippen molar-refractivity contribution in [3.63, 3.8) is 0 Å². The number of fused-ring (bicyclic) bond motifs is 1. The Morgan fingerprint density at radius 1 is 1.08 bits per heavy atom. The highest BCUT2D eigenvalue weighted by atomic mass is 16.3. The molecular weight excluding hydrogens is 314 g/mol. The van der Waals surface area contributed by atoms with Crippen molar-refractivity contribution in [1.82, 2.24) is 14.8 Å². The van der Waals surface area contributed by atoms with Gasteiger partial charge in [-0.25, -0.2) is 4.98 Å². The average molecular weight is 335 g/mol. The Balaban J connectivity index is 1.52. The minimum atomic E-state index is 0.183. The molecule has 0 N–H and O–H groups in total. The Morgan fingerprint density at radius 3 is 2.68 bits per heavy atom. The number of amides is 1. The van der Waals surface area contributed by atoms with Gasteiger partial charge in [-0.3, -0.25) is 4.79 Å². The SMILES string of the molecule is CN1CCN(C(=O)Cc2cccc(-c3nc4ccccc4o3)c2)CC1. The summed E-state index contributed by atoms with van der Waals surface area (Å²) in [6, 6.07) is 15.6. The second-order valence-electron chi connectivity index (χ2n) is 6.55. The lowest BCUT2D eigenvalue weighted by Gasteiger charge is -2.32. The summed E-state index contributed by atoms with van der Waals surface area (Å²) in [6.45, 7) is 3.49. The zero-order chi connectivity index (χ0) is 17.2. The zero-order valence-electron chi connectivity index (χ0n) is 14.3. The number of likely N-dealkylation sites (N-methyl/N-ethyl adjacent to an activating group) is 1. The van der Waals surface area contributed by atoms with Crippen molar-refractivity contribution in [2.45, 2.75) is 6.42 Å². The van der Waals surface area contributed by atoms with Gasteiger partial charge in [0.2, 0.25) is 11.8 Å². The average Bonchev–Trinajstić information content (AvgIpc) is 3.07. The second-order valence-corrected chi connectivity index (χ2v) is 6.55. The Labute approximate surface area is 146 Å². The summed E-state index contributed by atoms with van der Waals surface area (Å²) in [4.78, 5) is 21.3. The number of rotatable bonds is 3. The predicted octanol–water partition coefficient (Wildman–Crippen LogP) is 2.81. The molecule has 1 fully saturated rings. The largest absolute Gasteiger partial charge is 0.436 e. The molecule has 0 atom stereocenters. The number of hydrogen-bond acceptors (Lipinski definition) is 4. The first-order chi connectivity index (χ1) is 12.2. The van der Waals surface area contributed by atoms with Crippen LogP contribution < -0.4 is 0 Å². The summed E-state index contributed by atoms with van der Waals surface area (Å²) in [7, 11) is 2.09. The molecule has 3 aromatic rings. The molecule has 5 heteroatoms. The molecule has 1 aromatic heterocycles. The summed E-state index contributed by atoms with van der Waals surface area (Å²) >= 11 is 0. The van der Waals surface area contributed by atoms with Gasteiger partial charge in [0.25, 0.3) is 0 Å². The van der Waals surface area contributed by atoms with E-state index < -0.39 is 0 Å². The number of benzene rings is 2. The molecule has 1 aliphatic heterocycles. The van der Waals surface area contributed by atoms with Crippen molar-refractivity contribution in [2.24, 2.45) is 0 Å². The van der Waals surface area contributed by atoms with Gasteiger partial charge < -0.3 is 14.2 Å². The molecule has 0 saturated carbocycles. The topological polar surface area (TPSA) is 49.6 Å². The van der Waals surface area contributed by atoms with Crippen LogP contribution in [0.2, 0.25) is 0 Å². The standard InChI is InChI=1S/C20H21N3O2/c1-22-9-11-23(12-10-22)19(24)14-15-5-4-6-16(13-15)20-21-17-7-2-3-8-18(17)25-20/h2-8,13H,9-12,14H2,1H3. The maximum absolute atomic E-state index is 12.5. The van der Waals surface area contributed by atoms with E-state index in [1.807, 2.05) is 53.4 Å². The first-order valence-electron chi connectivity index (χ1n) is 8.60. The molecule has 0 bridgehead atoms. The molecule has 2 heterocycles. The lowest BCUT2D eigenvalue weighted by molar-refractivity contribution is -0.132. The van der Waals surface area contributed by atoms with Gasteiger partial charge in [0.1, 0.15) is 5.52 Å². The van der Waals surface area contributed by atoms with E-state index in [4.69, 9.17) is 4.42 Å². The highest BCUT2D eigenvalue weighted by Gasteiger charge is 2.19. The fraction of sp³-hybridized carbons (Fsp3) is 0.300. The third-order valence-corrected chi connectivity index (χ3v) is 4.68. The molecule has 2 aromatic carbocycles. The first-order valence-corrected chi connectivity index (χ1v) is 8.60. The van der Waals surface area contributed by atoms with Gasteiger partial charge in [0.05, 0.1) is 6.42 Å². The molecule has 1 saturated heterocycles. The van der Waals surface area contributed by atoms with Gasteiger partial charge in [0.15, 0.2) is 5.58 Å². The normalized spacial score (nSPS) is 15.6. The van der Waals surface area contributed by atoms with E-state index >= 15 is 0 Å². The Bertz CT molecular complexity index is 862. The first kappa shape index (κ1) is 15.8.